The second kappa shape index (κ2) is 10.1. The molecule has 0 aliphatic rings. The van der Waals surface area contributed by atoms with E-state index in [1.54, 1.807) is 0 Å². The molecule has 0 amide bonds. The van der Waals surface area contributed by atoms with E-state index < -0.39 is 11.4 Å². The third-order valence-electron chi connectivity index (χ3n) is 5.77. The van der Waals surface area contributed by atoms with Crippen LogP contribution >= 0.6 is 0 Å². The van der Waals surface area contributed by atoms with Crippen molar-refractivity contribution in [3.8, 4) is 0 Å². The number of rotatable bonds is 10. The van der Waals surface area contributed by atoms with Crippen molar-refractivity contribution in [2.45, 2.75) is 50.9 Å². The lowest BCUT2D eigenvalue weighted by Crippen LogP contribution is -2.38. The van der Waals surface area contributed by atoms with Crippen molar-refractivity contribution in [1.29, 1.82) is 0 Å². The molecule has 29 heavy (non-hydrogen) atoms. The molecular weight excluding hydrogens is 356 g/mol. The number of unbranched alkanes of at least 4 members (excludes halogenated alkanes) is 1. The summed E-state index contributed by atoms with van der Waals surface area (Å²) in [5, 5.41) is 10.2. The monoisotopic (exact) mass is 386 g/mol. The Bertz CT molecular complexity index is 885. The highest BCUT2D eigenvalue weighted by Crippen LogP contribution is 2.34. The Morgan fingerprint density at radius 3 is 1.83 bits per heavy atom. The van der Waals surface area contributed by atoms with E-state index in [1.165, 1.54) is 11.1 Å². The van der Waals surface area contributed by atoms with Crippen molar-refractivity contribution in [2.75, 3.05) is 0 Å². The highest BCUT2D eigenvalue weighted by molar-refractivity contribution is 5.82. The van der Waals surface area contributed by atoms with E-state index in [-0.39, 0.29) is 0 Å². The first-order chi connectivity index (χ1) is 14.1. The molecule has 3 rings (SSSR count). The fourth-order valence-corrected chi connectivity index (χ4v) is 3.98. The highest BCUT2D eigenvalue weighted by atomic mass is 16.4. The molecule has 0 heterocycles. The van der Waals surface area contributed by atoms with Gasteiger partial charge in [-0.2, -0.15) is 0 Å². The first-order valence-corrected chi connectivity index (χ1v) is 10.5. The summed E-state index contributed by atoms with van der Waals surface area (Å²) in [5.41, 5.74) is 3.73. The number of benzene rings is 3. The van der Waals surface area contributed by atoms with Crippen LogP contribution in [-0.2, 0) is 29.5 Å². The maximum Gasteiger partial charge on any atom is 0.314 e. The summed E-state index contributed by atoms with van der Waals surface area (Å²) in [5.74, 6) is -0.731. The molecule has 0 fully saturated rings. The molecule has 3 aromatic carbocycles. The Kier molecular flexibility index (Phi) is 7.24. The second-order valence-corrected chi connectivity index (χ2v) is 7.84. The number of hydrogen-bond donors (Lipinski definition) is 1. The topological polar surface area (TPSA) is 37.3 Å². The molecule has 1 atom stereocenters. The van der Waals surface area contributed by atoms with E-state index in [0.29, 0.717) is 12.8 Å². The minimum absolute atomic E-state index is 0.519. The fraction of sp³-hybridized carbons (Fsp3) is 0.296. The van der Waals surface area contributed by atoms with Crippen molar-refractivity contribution >= 4 is 5.97 Å². The van der Waals surface area contributed by atoms with E-state index in [1.807, 2.05) is 36.4 Å². The number of hydrogen-bond acceptors (Lipinski definition) is 1. The second-order valence-electron chi connectivity index (χ2n) is 7.84. The van der Waals surface area contributed by atoms with Gasteiger partial charge >= 0.3 is 5.97 Å². The predicted molar refractivity (Wildman–Crippen MR) is 119 cm³/mol. The third-order valence-corrected chi connectivity index (χ3v) is 5.77. The van der Waals surface area contributed by atoms with Crippen molar-refractivity contribution in [2.24, 2.45) is 0 Å². The van der Waals surface area contributed by atoms with Gasteiger partial charge in [0.15, 0.2) is 0 Å². The Hall–Kier alpha value is -2.87. The number of aliphatic carboxylic acids is 1. The standard InChI is InChI=1S/C27H30O2/c1-2-3-20-27(26(28)29,25-12-8-5-9-13-25)21-24-18-16-23(17-19-24)15-14-22-10-6-4-7-11-22/h4-13,16-19H,2-3,14-15,20-21H2,1H3,(H,28,29)/t27-/m1/s1. The minimum Gasteiger partial charge on any atom is -0.481 e. The van der Waals surface area contributed by atoms with Crippen LogP contribution in [0.15, 0.2) is 84.9 Å². The van der Waals surface area contributed by atoms with Gasteiger partial charge in [0.1, 0.15) is 0 Å². The van der Waals surface area contributed by atoms with E-state index in [9.17, 15) is 9.90 Å². The fourth-order valence-electron chi connectivity index (χ4n) is 3.98. The normalized spacial score (nSPS) is 13.0. The molecule has 0 saturated carbocycles. The Balaban J connectivity index is 1.77. The van der Waals surface area contributed by atoms with Gasteiger partial charge in [-0.3, -0.25) is 4.79 Å². The summed E-state index contributed by atoms with van der Waals surface area (Å²) in [6.07, 6.45) is 5.06. The van der Waals surface area contributed by atoms with Crippen molar-refractivity contribution in [3.05, 3.63) is 107 Å². The average Bonchev–Trinajstić information content (AvgIpc) is 2.77. The Morgan fingerprint density at radius 1 is 0.759 bits per heavy atom. The van der Waals surface area contributed by atoms with Gasteiger partial charge in [-0.05, 0) is 47.9 Å². The summed E-state index contributed by atoms with van der Waals surface area (Å²) in [7, 11) is 0. The maximum absolute atomic E-state index is 12.5. The molecule has 0 saturated heterocycles. The summed E-state index contributed by atoms with van der Waals surface area (Å²) in [6.45, 7) is 2.11. The van der Waals surface area contributed by atoms with Gasteiger partial charge in [-0.15, -0.1) is 0 Å². The van der Waals surface area contributed by atoms with Crippen LogP contribution in [0.25, 0.3) is 0 Å². The number of carboxylic acid groups (broad SMARTS) is 1. The smallest absolute Gasteiger partial charge is 0.314 e. The van der Waals surface area contributed by atoms with Crippen LogP contribution in [0.5, 0.6) is 0 Å². The van der Waals surface area contributed by atoms with Gasteiger partial charge in [-0.25, -0.2) is 0 Å². The van der Waals surface area contributed by atoms with Crippen LogP contribution in [0.1, 0.15) is 48.4 Å². The highest BCUT2D eigenvalue weighted by Gasteiger charge is 2.39. The van der Waals surface area contributed by atoms with Crippen LogP contribution in [-0.4, -0.2) is 11.1 Å². The molecule has 2 nitrogen and oxygen atoms in total. The molecule has 150 valence electrons. The summed E-state index contributed by atoms with van der Waals surface area (Å²) in [4.78, 5) is 12.5. The molecule has 1 N–H and O–H groups in total. The van der Waals surface area contributed by atoms with Crippen molar-refractivity contribution in [1.82, 2.24) is 0 Å². The molecule has 0 spiro atoms. The van der Waals surface area contributed by atoms with Gasteiger partial charge in [0.2, 0.25) is 0 Å². The zero-order chi connectivity index (χ0) is 20.5. The summed E-state index contributed by atoms with van der Waals surface area (Å²) < 4.78 is 0. The van der Waals surface area contributed by atoms with Crippen LogP contribution < -0.4 is 0 Å². The first-order valence-electron chi connectivity index (χ1n) is 10.5. The van der Waals surface area contributed by atoms with E-state index >= 15 is 0 Å². The Morgan fingerprint density at radius 2 is 1.28 bits per heavy atom. The summed E-state index contributed by atoms with van der Waals surface area (Å²) in [6, 6.07) is 28.7. The minimum atomic E-state index is -0.872. The third kappa shape index (κ3) is 5.35. The van der Waals surface area contributed by atoms with Gasteiger partial charge in [0, 0.05) is 0 Å². The molecule has 0 radical (unpaired) electrons. The zero-order valence-corrected chi connectivity index (χ0v) is 17.2. The number of carboxylic acids is 1. The predicted octanol–water partition coefficient (Wildman–Crippen LogP) is 6.23. The lowest BCUT2D eigenvalue weighted by atomic mass is 9.72. The van der Waals surface area contributed by atoms with Crippen LogP contribution in [0.3, 0.4) is 0 Å². The van der Waals surface area contributed by atoms with Crippen LogP contribution in [0.2, 0.25) is 0 Å². The number of carbonyl (C=O) groups is 1. The average molecular weight is 387 g/mol. The molecule has 0 aliphatic carbocycles. The molecule has 3 aromatic rings. The quantitative estimate of drug-likeness (QED) is 0.449. The van der Waals surface area contributed by atoms with E-state index in [4.69, 9.17) is 0 Å². The molecule has 0 aliphatic heterocycles. The van der Waals surface area contributed by atoms with Gasteiger partial charge in [-0.1, -0.05) is 105 Å². The molecular formula is C27H30O2. The van der Waals surface area contributed by atoms with Gasteiger partial charge in [0.25, 0.3) is 0 Å². The van der Waals surface area contributed by atoms with Crippen LogP contribution in [0, 0.1) is 0 Å². The lowest BCUT2D eigenvalue weighted by Gasteiger charge is -2.30. The van der Waals surface area contributed by atoms with Crippen molar-refractivity contribution < 1.29 is 9.90 Å². The molecule has 0 unspecified atom stereocenters. The Labute approximate surface area is 174 Å². The lowest BCUT2D eigenvalue weighted by molar-refractivity contribution is -0.144. The van der Waals surface area contributed by atoms with Crippen LogP contribution in [0.4, 0.5) is 0 Å². The summed E-state index contributed by atoms with van der Waals surface area (Å²) >= 11 is 0. The van der Waals surface area contributed by atoms with Gasteiger partial charge < -0.3 is 5.11 Å². The van der Waals surface area contributed by atoms with Gasteiger partial charge in [0.05, 0.1) is 5.41 Å². The van der Waals surface area contributed by atoms with Crippen molar-refractivity contribution in [3.63, 3.8) is 0 Å². The maximum atomic E-state index is 12.5. The molecule has 0 aromatic heterocycles. The number of aryl methyl sites for hydroxylation is 2. The molecule has 2 heteroatoms. The zero-order valence-electron chi connectivity index (χ0n) is 17.2. The molecule has 0 bridgehead atoms. The SMILES string of the molecule is CCCC[C@](Cc1ccc(CCc2ccccc2)cc1)(C(=O)O)c1ccccc1. The first kappa shape index (κ1) is 20.9. The van der Waals surface area contributed by atoms with E-state index in [2.05, 4.69) is 55.5 Å². The van der Waals surface area contributed by atoms with E-state index in [0.717, 1.165) is 36.8 Å². The largest absolute Gasteiger partial charge is 0.481 e.